The summed E-state index contributed by atoms with van der Waals surface area (Å²) >= 11 is 5.86. The van der Waals surface area contributed by atoms with Crippen LogP contribution in [-0.2, 0) is 11.2 Å². The third kappa shape index (κ3) is 4.36. The van der Waals surface area contributed by atoms with Crippen LogP contribution in [0.4, 0.5) is 18.9 Å². The predicted octanol–water partition coefficient (Wildman–Crippen LogP) is 4.22. The lowest BCUT2D eigenvalue weighted by atomic mass is 10.1. The van der Waals surface area contributed by atoms with E-state index in [-0.39, 0.29) is 16.5 Å². The van der Waals surface area contributed by atoms with E-state index in [0.717, 1.165) is 5.56 Å². The van der Waals surface area contributed by atoms with Gasteiger partial charge in [-0.25, -0.2) is 0 Å². The molecule has 2 aromatic rings. The Kier molecular flexibility index (Phi) is 4.76. The normalized spacial score (nSPS) is 16.1. The molecule has 0 bridgehead atoms. The highest BCUT2D eigenvalue weighted by atomic mass is 35.5. The number of carbonyl (C=O) groups excluding carboxylic acids is 1. The lowest BCUT2D eigenvalue weighted by Gasteiger charge is -2.16. The van der Waals surface area contributed by atoms with E-state index in [0.29, 0.717) is 12.2 Å². The average molecular weight is 372 g/mol. The van der Waals surface area contributed by atoms with Gasteiger partial charge in [-0.1, -0.05) is 29.8 Å². The highest BCUT2D eigenvalue weighted by molar-refractivity contribution is 6.31. The molecule has 1 heterocycles. The van der Waals surface area contributed by atoms with Gasteiger partial charge in [0.25, 0.3) is 5.91 Å². The molecule has 4 nitrogen and oxygen atoms in total. The maximum Gasteiger partial charge on any atom is 0.422 e. The molecule has 8 heteroatoms. The Labute approximate surface area is 146 Å². The number of hydrogen-bond donors (Lipinski definition) is 1. The van der Waals surface area contributed by atoms with Crippen LogP contribution in [0.25, 0.3) is 0 Å². The maximum atomic E-state index is 12.4. The van der Waals surface area contributed by atoms with Gasteiger partial charge >= 0.3 is 6.18 Å². The van der Waals surface area contributed by atoms with Crippen LogP contribution in [0.15, 0.2) is 42.5 Å². The Morgan fingerprint density at radius 1 is 1.28 bits per heavy atom. The smallest absolute Gasteiger partial charge is 0.422 e. The first kappa shape index (κ1) is 17.4. The van der Waals surface area contributed by atoms with Crippen LogP contribution in [0.1, 0.15) is 5.56 Å². The molecule has 0 spiro atoms. The molecular formula is C17H13ClF3NO3. The summed E-state index contributed by atoms with van der Waals surface area (Å²) in [5.41, 5.74) is 0.948. The largest absolute Gasteiger partial charge is 0.482 e. The second-order valence-corrected chi connectivity index (χ2v) is 5.89. The van der Waals surface area contributed by atoms with Crippen molar-refractivity contribution in [2.75, 3.05) is 11.9 Å². The first-order valence-electron chi connectivity index (χ1n) is 7.36. The number of nitrogens with one attached hydrogen (secondary N) is 1. The summed E-state index contributed by atoms with van der Waals surface area (Å²) in [5.74, 6) is 0.00296. The van der Waals surface area contributed by atoms with Gasteiger partial charge in [-0.3, -0.25) is 4.79 Å². The number of fused-ring (bicyclic) bond motifs is 1. The number of ether oxygens (including phenoxy) is 2. The molecule has 1 atom stereocenters. The number of hydrogen-bond acceptors (Lipinski definition) is 3. The van der Waals surface area contributed by atoms with E-state index in [2.05, 4.69) is 5.32 Å². The summed E-state index contributed by atoms with van der Waals surface area (Å²) in [7, 11) is 0. The van der Waals surface area contributed by atoms with Crippen molar-refractivity contribution < 1.29 is 27.4 Å². The molecule has 0 unspecified atom stereocenters. The predicted molar refractivity (Wildman–Crippen MR) is 86.2 cm³/mol. The van der Waals surface area contributed by atoms with Crippen LogP contribution in [0.5, 0.6) is 11.5 Å². The van der Waals surface area contributed by atoms with Crippen molar-refractivity contribution in [3.05, 3.63) is 53.1 Å². The molecule has 25 heavy (non-hydrogen) atoms. The van der Waals surface area contributed by atoms with Crippen LogP contribution < -0.4 is 14.8 Å². The SMILES string of the molecule is O=C(Nc1cc(Cl)ccc1OCC(F)(F)F)[C@H]1Cc2ccccc2O1. The number of amides is 1. The minimum atomic E-state index is -4.49. The molecule has 1 aliphatic rings. The number of halogens is 4. The molecule has 0 aliphatic carbocycles. The Balaban J connectivity index is 1.72. The summed E-state index contributed by atoms with van der Waals surface area (Å²) in [6.45, 7) is -1.47. The molecule has 1 N–H and O–H groups in total. The molecule has 0 saturated heterocycles. The molecular weight excluding hydrogens is 359 g/mol. The van der Waals surface area contributed by atoms with E-state index in [9.17, 15) is 18.0 Å². The van der Waals surface area contributed by atoms with Gasteiger partial charge < -0.3 is 14.8 Å². The van der Waals surface area contributed by atoms with Crippen LogP contribution in [0.3, 0.4) is 0 Å². The fourth-order valence-corrected chi connectivity index (χ4v) is 2.60. The van der Waals surface area contributed by atoms with Crippen LogP contribution in [-0.4, -0.2) is 24.8 Å². The lowest BCUT2D eigenvalue weighted by Crippen LogP contribution is -2.31. The summed E-state index contributed by atoms with van der Waals surface area (Å²) in [6, 6.07) is 11.2. The maximum absolute atomic E-state index is 12.4. The summed E-state index contributed by atoms with van der Waals surface area (Å²) < 4.78 is 47.4. The third-order valence-electron chi connectivity index (χ3n) is 3.53. The van der Waals surface area contributed by atoms with Crippen molar-refractivity contribution in [3.63, 3.8) is 0 Å². The van der Waals surface area contributed by atoms with Crippen molar-refractivity contribution in [1.82, 2.24) is 0 Å². The van der Waals surface area contributed by atoms with E-state index in [1.54, 1.807) is 12.1 Å². The highest BCUT2D eigenvalue weighted by Crippen LogP contribution is 2.32. The molecule has 132 valence electrons. The number of anilines is 1. The van der Waals surface area contributed by atoms with Crippen molar-refractivity contribution in [2.24, 2.45) is 0 Å². The molecule has 3 rings (SSSR count). The van der Waals surface area contributed by atoms with E-state index >= 15 is 0 Å². The van der Waals surface area contributed by atoms with E-state index < -0.39 is 24.8 Å². The quantitative estimate of drug-likeness (QED) is 0.875. The Bertz CT molecular complexity index is 770. The summed E-state index contributed by atoms with van der Waals surface area (Å²) in [5, 5.41) is 2.78. The van der Waals surface area contributed by atoms with Crippen molar-refractivity contribution in [3.8, 4) is 11.5 Å². The molecule has 0 aromatic heterocycles. The fraction of sp³-hybridized carbons (Fsp3) is 0.235. The topological polar surface area (TPSA) is 47.6 Å². The van der Waals surface area contributed by atoms with E-state index in [1.165, 1.54) is 18.2 Å². The van der Waals surface area contributed by atoms with Crippen LogP contribution in [0, 0.1) is 0 Å². The minimum absolute atomic E-state index is 0.0568. The second-order valence-electron chi connectivity index (χ2n) is 5.45. The zero-order chi connectivity index (χ0) is 18.0. The Morgan fingerprint density at radius 3 is 2.76 bits per heavy atom. The molecule has 1 amide bonds. The standard InChI is InChI=1S/C17H13ClF3NO3/c18-11-5-6-14(24-9-17(19,20)21)12(8-11)22-16(23)15-7-10-3-1-2-4-13(10)25-15/h1-6,8,15H,7,9H2,(H,22,23)/t15-/m1/s1. The van der Waals surface area contributed by atoms with Gasteiger partial charge in [0.15, 0.2) is 12.7 Å². The lowest BCUT2D eigenvalue weighted by molar-refractivity contribution is -0.153. The number of carbonyl (C=O) groups is 1. The first-order chi connectivity index (χ1) is 11.8. The minimum Gasteiger partial charge on any atom is -0.482 e. The number of benzene rings is 2. The van der Waals surface area contributed by atoms with Crippen molar-refractivity contribution in [2.45, 2.75) is 18.7 Å². The number of rotatable bonds is 4. The average Bonchev–Trinajstić information content (AvgIpc) is 2.97. The van der Waals surface area contributed by atoms with E-state index in [1.807, 2.05) is 12.1 Å². The van der Waals surface area contributed by atoms with Gasteiger partial charge in [-0.2, -0.15) is 13.2 Å². The first-order valence-corrected chi connectivity index (χ1v) is 7.74. The van der Waals surface area contributed by atoms with Crippen molar-refractivity contribution in [1.29, 1.82) is 0 Å². The number of alkyl halides is 3. The molecule has 0 radical (unpaired) electrons. The third-order valence-corrected chi connectivity index (χ3v) is 3.77. The van der Waals surface area contributed by atoms with Crippen LogP contribution in [0.2, 0.25) is 5.02 Å². The van der Waals surface area contributed by atoms with E-state index in [4.69, 9.17) is 21.1 Å². The molecule has 0 saturated carbocycles. The van der Waals surface area contributed by atoms with Gasteiger partial charge in [0, 0.05) is 11.4 Å². The monoisotopic (exact) mass is 371 g/mol. The van der Waals surface area contributed by atoms with Gasteiger partial charge in [-0.05, 0) is 29.8 Å². The van der Waals surface area contributed by atoms with Crippen LogP contribution >= 0.6 is 11.6 Å². The molecule has 1 aliphatic heterocycles. The van der Waals surface area contributed by atoms with Crippen molar-refractivity contribution >= 4 is 23.2 Å². The van der Waals surface area contributed by atoms with Gasteiger partial charge in [0.2, 0.25) is 0 Å². The van der Waals surface area contributed by atoms with Gasteiger partial charge in [-0.15, -0.1) is 0 Å². The zero-order valence-electron chi connectivity index (χ0n) is 12.8. The van der Waals surface area contributed by atoms with Gasteiger partial charge in [0.05, 0.1) is 5.69 Å². The molecule has 0 fully saturated rings. The fourth-order valence-electron chi connectivity index (χ4n) is 2.43. The highest BCUT2D eigenvalue weighted by Gasteiger charge is 2.31. The second kappa shape index (κ2) is 6.84. The molecule has 2 aromatic carbocycles. The summed E-state index contributed by atoms with van der Waals surface area (Å²) in [6.07, 6.45) is -4.88. The number of para-hydroxylation sites is 1. The summed E-state index contributed by atoms with van der Waals surface area (Å²) in [4.78, 5) is 12.4. The Morgan fingerprint density at radius 2 is 2.04 bits per heavy atom. The zero-order valence-corrected chi connectivity index (χ0v) is 13.5. The van der Waals surface area contributed by atoms with Gasteiger partial charge in [0.1, 0.15) is 11.5 Å². The Hall–Kier alpha value is -2.41.